The molecule has 0 atom stereocenters. The molecule has 0 spiro atoms. The highest BCUT2D eigenvalue weighted by molar-refractivity contribution is 6.00. The van der Waals surface area contributed by atoms with Crippen LogP contribution in [0.2, 0.25) is 0 Å². The molecule has 11 heteroatoms. The zero-order valence-corrected chi connectivity index (χ0v) is 18.5. The zero-order valence-electron chi connectivity index (χ0n) is 18.5. The van der Waals surface area contributed by atoms with Gasteiger partial charge in [0.25, 0.3) is 0 Å². The van der Waals surface area contributed by atoms with Gasteiger partial charge in [-0.2, -0.15) is 13.2 Å². The number of halogens is 5. The molecule has 0 bridgehead atoms. The predicted octanol–water partition coefficient (Wildman–Crippen LogP) is 4.96. The Balaban J connectivity index is 1.98. The molecule has 2 aromatic heterocycles. The third-order valence-electron chi connectivity index (χ3n) is 5.21. The van der Waals surface area contributed by atoms with Crippen LogP contribution in [0.1, 0.15) is 11.1 Å². The number of pyridine rings is 1. The SMILES string of the molecule is CNC(=O)/C=C(\c1ccccc1)c1ccc2nc(NC(=O)C(F)(F)F)c(-c3cc(F)ccc3F)n2c1. The minimum atomic E-state index is -5.24. The molecule has 2 heterocycles. The summed E-state index contributed by atoms with van der Waals surface area (Å²) in [5.41, 5.74) is 0.813. The van der Waals surface area contributed by atoms with Crippen molar-refractivity contribution in [3.63, 3.8) is 0 Å². The normalized spacial score (nSPS) is 12.0. The van der Waals surface area contributed by atoms with Crippen molar-refractivity contribution >= 4 is 28.9 Å². The number of aromatic nitrogens is 2. The van der Waals surface area contributed by atoms with Crippen molar-refractivity contribution in [1.29, 1.82) is 0 Å². The number of nitrogens with zero attached hydrogens (tertiary/aromatic N) is 2. The lowest BCUT2D eigenvalue weighted by atomic mass is 9.98. The maximum Gasteiger partial charge on any atom is 0.471 e. The van der Waals surface area contributed by atoms with Crippen molar-refractivity contribution in [2.24, 2.45) is 0 Å². The maximum atomic E-state index is 14.7. The Labute approximate surface area is 201 Å². The number of rotatable bonds is 5. The molecule has 0 aliphatic heterocycles. The van der Waals surface area contributed by atoms with Crippen molar-refractivity contribution in [3.8, 4) is 11.3 Å². The minimum absolute atomic E-state index is 0.0437. The van der Waals surface area contributed by atoms with E-state index in [2.05, 4.69) is 10.3 Å². The Morgan fingerprint density at radius 2 is 1.69 bits per heavy atom. The first-order valence-corrected chi connectivity index (χ1v) is 10.4. The summed E-state index contributed by atoms with van der Waals surface area (Å²) >= 11 is 0. The van der Waals surface area contributed by atoms with E-state index in [4.69, 9.17) is 0 Å². The highest BCUT2D eigenvalue weighted by Gasteiger charge is 2.39. The van der Waals surface area contributed by atoms with Crippen LogP contribution in [0, 0.1) is 11.6 Å². The summed E-state index contributed by atoms with van der Waals surface area (Å²) in [5, 5.41) is 4.13. The highest BCUT2D eigenvalue weighted by atomic mass is 19.4. The Kier molecular flexibility index (Phi) is 6.56. The average Bonchev–Trinajstić information content (AvgIpc) is 3.20. The van der Waals surface area contributed by atoms with Gasteiger partial charge in [-0.3, -0.25) is 14.0 Å². The number of alkyl halides is 3. The summed E-state index contributed by atoms with van der Waals surface area (Å²) in [5.74, 6) is -5.16. The largest absolute Gasteiger partial charge is 0.471 e. The van der Waals surface area contributed by atoms with Crippen LogP contribution in [0.15, 0.2) is 72.9 Å². The zero-order chi connectivity index (χ0) is 26.0. The van der Waals surface area contributed by atoms with Crippen molar-refractivity contribution < 1.29 is 31.5 Å². The van der Waals surface area contributed by atoms with Crippen LogP contribution in [0.4, 0.5) is 27.8 Å². The molecule has 4 rings (SSSR count). The van der Waals surface area contributed by atoms with E-state index < -0.39 is 41.0 Å². The summed E-state index contributed by atoms with van der Waals surface area (Å²) in [4.78, 5) is 27.8. The van der Waals surface area contributed by atoms with E-state index in [9.17, 15) is 31.5 Å². The lowest BCUT2D eigenvalue weighted by Gasteiger charge is -2.12. The van der Waals surface area contributed by atoms with Gasteiger partial charge in [-0.05, 0) is 47.0 Å². The van der Waals surface area contributed by atoms with Gasteiger partial charge in [0.15, 0.2) is 5.82 Å². The Morgan fingerprint density at radius 3 is 2.36 bits per heavy atom. The van der Waals surface area contributed by atoms with Crippen molar-refractivity contribution in [2.75, 3.05) is 12.4 Å². The molecule has 0 radical (unpaired) electrons. The number of amides is 2. The van der Waals surface area contributed by atoms with Crippen LogP contribution in [-0.2, 0) is 9.59 Å². The second-order valence-electron chi connectivity index (χ2n) is 7.57. The standard InChI is InChI=1S/C25H17F5N4O2/c1-31-21(35)12-17(14-5-3-2-4-6-14)15-7-10-20-32-23(33-24(36)25(28,29)30)22(34(20)13-15)18-11-16(26)8-9-19(18)27/h2-13H,1H3,(H,31,35)(H,33,36)/b17-12+. The Morgan fingerprint density at radius 1 is 0.972 bits per heavy atom. The van der Waals surface area contributed by atoms with Crippen molar-refractivity contribution in [3.05, 3.63) is 95.7 Å². The molecule has 0 aliphatic carbocycles. The fourth-order valence-corrected chi connectivity index (χ4v) is 3.56. The summed E-state index contributed by atoms with van der Waals surface area (Å²) in [6.45, 7) is 0. The van der Waals surface area contributed by atoms with Gasteiger partial charge in [0.2, 0.25) is 5.91 Å². The van der Waals surface area contributed by atoms with Crippen molar-refractivity contribution in [1.82, 2.24) is 14.7 Å². The molecule has 4 aromatic rings. The number of benzene rings is 2. The lowest BCUT2D eigenvalue weighted by Crippen LogP contribution is -2.30. The van der Waals surface area contributed by atoms with E-state index in [-0.39, 0.29) is 11.3 Å². The van der Waals surface area contributed by atoms with Gasteiger partial charge in [0.05, 0.1) is 0 Å². The van der Waals surface area contributed by atoms with Crippen LogP contribution in [-0.4, -0.2) is 34.4 Å². The summed E-state index contributed by atoms with van der Waals surface area (Å²) in [7, 11) is 1.45. The Hall–Kier alpha value is -4.54. The predicted molar refractivity (Wildman–Crippen MR) is 123 cm³/mol. The maximum absolute atomic E-state index is 14.7. The molecule has 184 valence electrons. The van der Waals surface area contributed by atoms with Gasteiger partial charge in [0.1, 0.15) is 23.0 Å². The minimum Gasteiger partial charge on any atom is -0.356 e. The summed E-state index contributed by atoms with van der Waals surface area (Å²) in [6, 6.07) is 14.2. The molecule has 0 aliphatic rings. The van der Waals surface area contributed by atoms with Gasteiger partial charge in [-0.1, -0.05) is 30.3 Å². The van der Waals surface area contributed by atoms with Crippen LogP contribution < -0.4 is 10.6 Å². The highest BCUT2D eigenvalue weighted by Crippen LogP contribution is 2.34. The fourth-order valence-electron chi connectivity index (χ4n) is 3.56. The number of carbonyl (C=O) groups is 2. The second-order valence-corrected chi connectivity index (χ2v) is 7.57. The third kappa shape index (κ3) is 4.95. The van der Waals surface area contributed by atoms with Gasteiger partial charge < -0.3 is 10.6 Å². The third-order valence-corrected chi connectivity index (χ3v) is 5.21. The number of anilines is 1. The van der Waals surface area contributed by atoms with Gasteiger partial charge in [-0.15, -0.1) is 0 Å². The smallest absolute Gasteiger partial charge is 0.356 e. The van der Waals surface area contributed by atoms with E-state index in [1.807, 2.05) is 0 Å². The van der Waals surface area contributed by atoms with Crippen LogP contribution >= 0.6 is 0 Å². The number of likely N-dealkylation sites (N-methyl/N-ethyl adjacent to an activating group) is 1. The topological polar surface area (TPSA) is 75.5 Å². The van der Waals surface area contributed by atoms with Crippen LogP contribution in [0.5, 0.6) is 0 Å². The van der Waals surface area contributed by atoms with Crippen LogP contribution in [0.25, 0.3) is 22.5 Å². The monoisotopic (exact) mass is 500 g/mol. The summed E-state index contributed by atoms with van der Waals surface area (Å²) < 4.78 is 68.8. The number of fused-ring (bicyclic) bond motifs is 1. The molecule has 0 unspecified atom stereocenters. The van der Waals surface area contributed by atoms with Gasteiger partial charge >= 0.3 is 12.1 Å². The van der Waals surface area contributed by atoms with Crippen molar-refractivity contribution in [2.45, 2.75) is 6.18 Å². The second kappa shape index (κ2) is 9.61. The number of hydrogen-bond acceptors (Lipinski definition) is 3. The molecule has 0 saturated heterocycles. The van der Waals surface area contributed by atoms with Gasteiger partial charge in [0, 0.05) is 24.9 Å². The number of imidazole rings is 1. The molecule has 6 nitrogen and oxygen atoms in total. The number of carbonyl (C=O) groups excluding carboxylic acids is 2. The molecular formula is C25H17F5N4O2. The number of nitrogens with one attached hydrogen (secondary N) is 2. The lowest BCUT2D eigenvalue weighted by molar-refractivity contribution is -0.167. The first-order chi connectivity index (χ1) is 17.1. The van der Waals surface area contributed by atoms with E-state index in [0.717, 1.165) is 18.2 Å². The fraction of sp³-hybridized carbons (Fsp3) is 0.0800. The van der Waals surface area contributed by atoms with E-state index in [1.165, 1.54) is 29.8 Å². The van der Waals surface area contributed by atoms with E-state index in [1.54, 1.807) is 41.7 Å². The first-order valence-electron chi connectivity index (χ1n) is 10.4. The quantitative estimate of drug-likeness (QED) is 0.301. The average molecular weight is 500 g/mol. The molecule has 2 N–H and O–H groups in total. The van der Waals surface area contributed by atoms with E-state index in [0.29, 0.717) is 16.7 Å². The van der Waals surface area contributed by atoms with E-state index >= 15 is 0 Å². The molecule has 2 aromatic carbocycles. The molecule has 0 saturated carbocycles. The Bertz CT molecular complexity index is 1490. The summed E-state index contributed by atoms with van der Waals surface area (Å²) in [6.07, 6.45) is -2.51. The van der Waals surface area contributed by atoms with Gasteiger partial charge in [-0.25, -0.2) is 13.8 Å². The number of hydrogen-bond donors (Lipinski definition) is 2. The molecule has 0 fully saturated rings. The molecular weight excluding hydrogens is 483 g/mol. The molecule has 2 amide bonds. The van der Waals surface area contributed by atoms with Crippen LogP contribution in [0.3, 0.4) is 0 Å². The molecule has 36 heavy (non-hydrogen) atoms. The first kappa shape index (κ1) is 24.6.